The van der Waals surface area contributed by atoms with E-state index < -0.39 is 6.43 Å². The van der Waals surface area contributed by atoms with Crippen LogP contribution in [0.1, 0.15) is 29.5 Å². The van der Waals surface area contributed by atoms with Gasteiger partial charge in [-0.05, 0) is 29.2 Å². The molecule has 2 aliphatic heterocycles. The highest BCUT2D eigenvalue weighted by atomic mass is 19.3. The Labute approximate surface area is 162 Å². The molecule has 2 unspecified atom stereocenters. The van der Waals surface area contributed by atoms with Gasteiger partial charge in [-0.15, -0.1) is 0 Å². The van der Waals surface area contributed by atoms with E-state index >= 15 is 0 Å². The topological polar surface area (TPSA) is 38.8 Å². The first-order valence-electron chi connectivity index (χ1n) is 9.28. The molecule has 1 fully saturated rings. The highest BCUT2D eigenvalue weighted by Crippen LogP contribution is 2.34. The number of benzene rings is 2. The predicted octanol–water partition coefficient (Wildman–Crippen LogP) is 4.82. The van der Waals surface area contributed by atoms with E-state index in [1.54, 1.807) is 11.0 Å². The van der Waals surface area contributed by atoms with Crippen molar-refractivity contribution in [1.29, 1.82) is 0 Å². The number of fused-ring (bicyclic) bond motifs is 2. The van der Waals surface area contributed by atoms with Crippen LogP contribution in [0.4, 0.5) is 13.6 Å². The summed E-state index contributed by atoms with van der Waals surface area (Å²) in [5.74, 6) is 0. The molecule has 6 heteroatoms. The molecular weight excluding hydrogens is 364 g/mol. The smallest absolute Gasteiger partial charge is 0.411 e. The first kappa shape index (κ1) is 18.6. The number of nitrogens with zero attached hydrogens (tertiary/aromatic N) is 1. The lowest BCUT2D eigenvalue weighted by Crippen LogP contribution is -2.56. The van der Waals surface area contributed by atoms with Gasteiger partial charge in [0.25, 0.3) is 6.43 Å². The molecule has 0 saturated carbocycles. The second-order valence-electron chi connectivity index (χ2n) is 7.03. The monoisotopic (exact) mass is 385 g/mol. The molecule has 0 aliphatic carbocycles. The predicted molar refractivity (Wildman–Crippen MR) is 101 cm³/mol. The largest absolute Gasteiger partial charge is 0.445 e. The van der Waals surface area contributed by atoms with Gasteiger partial charge in [-0.2, -0.15) is 0 Å². The van der Waals surface area contributed by atoms with Gasteiger partial charge >= 0.3 is 6.09 Å². The van der Waals surface area contributed by atoms with E-state index in [-0.39, 0.29) is 30.3 Å². The number of rotatable bonds is 4. The summed E-state index contributed by atoms with van der Waals surface area (Å²) in [7, 11) is 0. The molecule has 1 saturated heterocycles. The minimum atomic E-state index is -2.50. The van der Waals surface area contributed by atoms with Crippen LogP contribution >= 0.6 is 0 Å². The van der Waals surface area contributed by atoms with E-state index in [9.17, 15) is 13.6 Å². The molecule has 1 amide bonds. The van der Waals surface area contributed by atoms with Gasteiger partial charge in [-0.1, -0.05) is 54.6 Å². The number of carbonyl (C=O) groups is 1. The lowest BCUT2D eigenvalue weighted by Gasteiger charge is -2.43. The third-order valence-corrected chi connectivity index (χ3v) is 5.12. The Morgan fingerprint density at radius 2 is 1.96 bits per heavy atom. The molecule has 2 aromatic carbocycles. The second kappa shape index (κ2) is 8.10. The zero-order chi connectivity index (χ0) is 19.5. The molecule has 0 radical (unpaired) electrons. The summed E-state index contributed by atoms with van der Waals surface area (Å²) in [5, 5.41) is 0. The average Bonchev–Trinajstić information content (AvgIpc) is 2.72. The number of amides is 1. The fourth-order valence-corrected chi connectivity index (χ4v) is 3.76. The summed E-state index contributed by atoms with van der Waals surface area (Å²) in [6.45, 7) is 0.987. The molecule has 2 aromatic rings. The molecule has 0 aromatic heterocycles. The van der Waals surface area contributed by atoms with E-state index in [1.165, 1.54) is 12.1 Å². The second-order valence-corrected chi connectivity index (χ2v) is 7.03. The van der Waals surface area contributed by atoms with Gasteiger partial charge in [0.15, 0.2) is 0 Å². The third-order valence-electron chi connectivity index (χ3n) is 5.12. The number of hydrogen-bond donors (Lipinski definition) is 0. The molecule has 2 bridgehead atoms. The fourth-order valence-electron chi connectivity index (χ4n) is 3.76. The molecule has 4 nitrogen and oxygen atoms in total. The molecule has 0 N–H and O–H groups in total. The van der Waals surface area contributed by atoms with Gasteiger partial charge in [-0.3, -0.25) is 4.90 Å². The number of halogens is 2. The van der Waals surface area contributed by atoms with Crippen LogP contribution in [0.2, 0.25) is 0 Å². The fraction of sp³-hybridized carbons (Fsp3) is 0.318. The average molecular weight is 385 g/mol. The summed E-state index contributed by atoms with van der Waals surface area (Å²) in [4.78, 5) is 14.4. The van der Waals surface area contributed by atoms with Crippen LogP contribution in [0.5, 0.6) is 0 Å². The Bertz CT molecular complexity index is 869. The molecular formula is C22H21F2NO3. The zero-order valence-electron chi connectivity index (χ0n) is 15.3. The van der Waals surface area contributed by atoms with E-state index in [0.717, 1.165) is 16.7 Å². The van der Waals surface area contributed by atoms with Crippen molar-refractivity contribution in [2.45, 2.75) is 31.5 Å². The highest BCUT2D eigenvalue weighted by Gasteiger charge is 2.39. The summed E-state index contributed by atoms with van der Waals surface area (Å²) < 4.78 is 37.2. The molecule has 0 spiro atoms. The van der Waals surface area contributed by atoms with Crippen molar-refractivity contribution in [2.75, 3.05) is 13.2 Å². The lowest BCUT2D eigenvalue weighted by atomic mass is 9.89. The highest BCUT2D eigenvalue weighted by molar-refractivity contribution is 5.74. The molecule has 4 rings (SSSR count). The van der Waals surface area contributed by atoms with Gasteiger partial charge in [0, 0.05) is 5.56 Å². The van der Waals surface area contributed by atoms with E-state index in [2.05, 4.69) is 0 Å². The van der Waals surface area contributed by atoms with Crippen molar-refractivity contribution < 1.29 is 23.0 Å². The first-order valence-corrected chi connectivity index (χ1v) is 9.28. The van der Waals surface area contributed by atoms with Crippen LogP contribution < -0.4 is 0 Å². The number of morpholine rings is 1. The van der Waals surface area contributed by atoms with E-state index in [1.807, 2.05) is 42.5 Å². The summed E-state index contributed by atoms with van der Waals surface area (Å²) in [5.41, 5.74) is 2.67. The van der Waals surface area contributed by atoms with Crippen molar-refractivity contribution >= 4 is 11.7 Å². The van der Waals surface area contributed by atoms with Gasteiger partial charge in [0.05, 0.1) is 25.3 Å². The number of hydrogen-bond acceptors (Lipinski definition) is 3. The van der Waals surface area contributed by atoms with Crippen molar-refractivity contribution in [2.24, 2.45) is 0 Å². The van der Waals surface area contributed by atoms with Gasteiger partial charge in [0.2, 0.25) is 0 Å². The van der Waals surface area contributed by atoms with Gasteiger partial charge in [-0.25, -0.2) is 13.6 Å². The van der Waals surface area contributed by atoms with Crippen molar-refractivity contribution in [3.63, 3.8) is 0 Å². The number of carbonyl (C=O) groups excluding carboxylic acids is 1. The summed E-state index contributed by atoms with van der Waals surface area (Å²) in [6.07, 6.45) is -0.400. The maximum Gasteiger partial charge on any atom is 0.411 e. The Kier molecular flexibility index (Phi) is 5.39. The first-order chi connectivity index (χ1) is 13.6. The van der Waals surface area contributed by atoms with Crippen molar-refractivity contribution in [3.8, 4) is 0 Å². The van der Waals surface area contributed by atoms with E-state index in [0.29, 0.717) is 19.6 Å². The van der Waals surface area contributed by atoms with Crippen LogP contribution in [0.25, 0.3) is 5.57 Å². The minimum absolute atomic E-state index is 0.00418. The maximum atomic E-state index is 13.0. The minimum Gasteiger partial charge on any atom is -0.445 e. The van der Waals surface area contributed by atoms with Crippen LogP contribution in [-0.2, 0) is 16.1 Å². The van der Waals surface area contributed by atoms with Crippen LogP contribution in [0.15, 0.2) is 60.7 Å². The Morgan fingerprint density at radius 3 is 2.71 bits per heavy atom. The van der Waals surface area contributed by atoms with Crippen LogP contribution in [0.3, 0.4) is 0 Å². The maximum absolute atomic E-state index is 13.0. The summed E-state index contributed by atoms with van der Waals surface area (Å²) in [6, 6.07) is 15.5. The van der Waals surface area contributed by atoms with Crippen LogP contribution in [0, 0.1) is 0 Å². The van der Waals surface area contributed by atoms with Crippen molar-refractivity contribution in [1.82, 2.24) is 4.90 Å². The van der Waals surface area contributed by atoms with Crippen LogP contribution in [-0.4, -0.2) is 36.3 Å². The molecule has 2 atom stereocenters. The Balaban J connectivity index is 1.51. The lowest BCUT2D eigenvalue weighted by molar-refractivity contribution is -0.0342. The third kappa shape index (κ3) is 3.92. The normalized spacial score (nSPS) is 21.4. The number of alkyl halides is 2. The summed E-state index contributed by atoms with van der Waals surface area (Å²) >= 11 is 0. The molecule has 2 heterocycles. The van der Waals surface area contributed by atoms with E-state index in [4.69, 9.17) is 9.47 Å². The Hall–Kier alpha value is -2.73. The SMILES string of the molecule is O=C(OCc1ccccc1)N1C2C=C(c3cccc(C(F)F)c3)CC1COC2. The molecule has 28 heavy (non-hydrogen) atoms. The number of ether oxygens (including phenoxy) is 2. The standard InChI is InChI=1S/C22H21F2NO3/c23-21(24)17-8-4-7-16(9-17)18-10-19-13-27-14-20(11-18)25(19)22(26)28-12-15-5-2-1-3-6-15/h1-10,19-21H,11-14H2. The zero-order valence-corrected chi connectivity index (χ0v) is 15.3. The van der Waals surface area contributed by atoms with Crippen molar-refractivity contribution in [3.05, 3.63) is 77.4 Å². The quantitative estimate of drug-likeness (QED) is 0.758. The van der Waals surface area contributed by atoms with Gasteiger partial charge < -0.3 is 9.47 Å². The molecule has 146 valence electrons. The Morgan fingerprint density at radius 1 is 1.14 bits per heavy atom. The molecule has 2 aliphatic rings. The van der Waals surface area contributed by atoms with Gasteiger partial charge in [0.1, 0.15) is 6.61 Å².